The highest BCUT2D eigenvalue weighted by Gasteiger charge is 2.21. The molecule has 3 aromatic rings. The van der Waals surface area contributed by atoms with Crippen molar-refractivity contribution in [2.45, 2.75) is 59.2 Å². The fourth-order valence-electron chi connectivity index (χ4n) is 3.87. The van der Waals surface area contributed by atoms with Crippen molar-refractivity contribution in [3.8, 4) is 0 Å². The summed E-state index contributed by atoms with van der Waals surface area (Å²) >= 11 is 0. The minimum Gasteiger partial charge on any atom is -0.383 e. The number of hydrogen-bond donors (Lipinski definition) is 2. The standard InChI is InChI=1S/C22H30N6O4/c1-4-6-13-28-19(23)18(20(30)24-21(28)31)25(3)17(29)11-14-27-16-10-8-7-9-15(16)26(12-5-2)22(27)32/h7-10H,4-6,11-14,23H2,1-3H3,(H,24,30,31). The van der Waals surface area contributed by atoms with Gasteiger partial charge in [0.2, 0.25) is 5.91 Å². The fourth-order valence-corrected chi connectivity index (χ4v) is 3.87. The number of nitrogen functional groups attached to an aromatic ring is 1. The van der Waals surface area contributed by atoms with Gasteiger partial charge >= 0.3 is 11.4 Å². The maximum Gasteiger partial charge on any atom is 0.330 e. The first-order chi connectivity index (χ1) is 15.3. The largest absolute Gasteiger partial charge is 0.383 e. The predicted octanol–water partition coefficient (Wildman–Crippen LogP) is 1.50. The van der Waals surface area contributed by atoms with Gasteiger partial charge < -0.3 is 10.6 Å². The van der Waals surface area contributed by atoms with Crippen molar-refractivity contribution in [3.63, 3.8) is 0 Å². The molecule has 0 radical (unpaired) electrons. The van der Waals surface area contributed by atoms with Gasteiger partial charge in [-0.15, -0.1) is 0 Å². The predicted molar refractivity (Wildman–Crippen MR) is 125 cm³/mol. The lowest BCUT2D eigenvalue weighted by Gasteiger charge is -2.20. The lowest BCUT2D eigenvalue weighted by Crippen LogP contribution is -2.39. The summed E-state index contributed by atoms with van der Waals surface area (Å²) in [6, 6.07) is 7.46. The van der Waals surface area contributed by atoms with Crippen molar-refractivity contribution < 1.29 is 4.79 Å². The molecule has 0 fully saturated rings. The summed E-state index contributed by atoms with van der Waals surface area (Å²) in [7, 11) is 1.45. The molecule has 2 aromatic heterocycles. The summed E-state index contributed by atoms with van der Waals surface area (Å²) in [5.74, 6) is -0.429. The van der Waals surface area contributed by atoms with E-state index in [1.165, 1.54) is 11.6 Å². The maximum atomic E-state index is 12.9. The third-order valence-electron chi connectivity index (χ3n) is 5.58. The van der Waals surface area contributed by atoms with E-state index in [0.717, 1.165) is 28.8 Å². The molecule has 3 N–H and O–H groups in total. The molecular formula is C22H30N6O4. The topological polar surface area (TPSA) is 128 Å². The zero-order valence-electron chi connectivity index (χ0n) is 18.8. The summed E-state index contributed by atoms with van der Waals surface area (Å²) in [6.07, 6.45) is 2.35. The number of nitrogens with zero attached hydrogens (tertiary/aromatic N) is 4. The van der Waals surface area contributed by atoms with E-state index in [4.69, 9.17) is 5.73 Å². The zero-order valence-corrected chi connectivity index (χ0v) is 18.8. The van der Waals surface area contributed by atoms with E-state index in [2.05, 4.69) is 4.98 Å². The third kappa shape index (κ3) is 4.25. The quantitative estimate of drug-likeness (QED) is 0.519. The van der Waals surface area contributed by atoms with Crippen LogP contribution < -0.4 is 27.6 Å². The van der Waals surface area contributed by atoms with Crippen LogP contribution in [0.5, 0.6) is 0 Å². The Bertz CT molecular complexity index is 1300. The van der Waals surface area contributed by atoms with Gasteiger partial charge in [-0.25, -0.2) is 9.59 Å². The van der Waals surface area contributed by atoms with E-state index in [-0.39, 0.29) is 36.1 Å². The number of para-hydroxylation sites is 2. The number of nitrogens with two attached hydrogens (primary N) is 1. The molecule has 172 valence electrons. The van der Waals surface area contributed by atoms with E-state index in [0.29, 0.717) is 19.5 Å². The minimum atomic E-state index is -0.715. The first-order valence-corrected chi connectivity index (χ1v) is 10.9. The lowest BCUT2D eigenvalue weighted by molar-refractivity contribution is -0.118. The molecule has 0 aliphatic rings. The molecule has 1 amide bonds. The monoisotopic (exact) mass is 442 g/mol. The summed E-state index contributed by atoms with van der Waals surface area (Å²) in [5.41, 5.74) is 6.13. The van der Waals surface area contributed by atoms with Crippen molar-refractivity contribution in [2.24, 2.45) is 0 Å². The number of aryl methyl sites for hydroxylation is 2. The Hall–Kier alpha value is -3.56. The number of anilines is 2. The summed E-state index contributed by atoms with van der Waals surface area (Å²) in [6.45, 7) is 5.07. The van der Waals surface area contributed by atoms with Gasteiger partial charge in [-0.05, 0) is 25.0 Å². The second-order valence-electron chi connectivity index (χ2n) is 7.78. The molecular weight excluding hydrogens is 412 g/mol. The highest BCUT2D eigenvalue weighted by molar-refractivity contribution is 5.95. The van der Waals surface area contributed by atoms with Crippen LogP contribution in [0.3, 0.4) is 0 Å². The van der Waals surface area contributed by atoms with Gasteiger partial charge in [-0.3, -0.25) is 28.3 Å². The number of amides is 1. The number of benzene rings is 1. The van der Waals surface area contributed by atoms with Crippen LogP contribution in [-0.2, 0) is 24.4 Å². The van der Waals surface area contributed by atoms with Crippen LogP contribution in [0.1, 0.15) is 39.5 Å². The van der Waals surface area contributed by atoms with Crippen LogP contribution >= 0.6 is 0 Å². The van der Waals surface area contributed by atoms with Gasteiger partial charge in [-0.1, -0.05) is 32.4 Å². The third-order valence-corrected chi connectivity index (χ3v) is 5.58. The van der Waals surface area contributed by atoms with E-state index >= 15 is 0 Å². The van der Waals surface area contributed by atoms with E-state index in [9.17, 15) is 19.2 Å². The Morgan fingerprint density at radius 1 is 0.969 bits per heavy atom. The molecule has 1 aromatic carbocycles. The summed E-state index contributed by atoms with van der Waals surface area (Å²) in [5, 5.41) is 0. The van der Waals surface area contributed by atoms with Gasteiger partial charge in [0.05, 0.1) is 11.0 Å². The molecule has 0 bridgehead atoms. The molecule has 0 spiro atoms. The van der Waals surface area contributed by atoms with Crippen LogP contribution in [-0.4, -0.2) is 31.6 Å². The Labute approximate surface area is 184 Å². The van der Waals surface area contributed by atoms with Crippen molar-refractivity contribution in [3.05, 3.63) is 55.6 Å². The highest BCUT2D eigenvalue weighted by atomic mass is 16.2. The molecule has 0 atom stereocenters. The normalized spacial score (nSPS) is 11.2. The smallest absolute Gasteiger partial charge is 0.330 e. The SMILES string of the molecule is CCCCn1c(N)c(N(C)C(=O)CCn2c(=O)n(CCC)c3ccccc32)c(=O)[nH]c1=O. The van der Waals surface area contributed by atoms with Gasteiger partial charge in [0.1, 0.15) is 5.82 Å². The number of nitrogens with one attached hydrogen (secondary N) is 1. The first kappa shape index (κ1) is 23.1. The number of rotatable bonds is 9. The van der Waals surface area contributed by atoms with E-state index in [1.807, 2.05) is 38.1 Å². The number of carbonyl (C=O) groups excluding carboxylic acids is 1. The molecule has 0 unspecified atom stereocenters. The van der Waals surface area contributed by atoms with Crippen molar-refractivity contribution in [2.75, 3.05) is 17.7 Å². The average Bonchev–Trinajstić information content (AvgIpc) is 3.03. The second-order valence-corrected chi connectivity index (χ2v) is 7.78. The lowest BCUT2D eigenvalue weighted by atomic mass is 10.3. The number of hydrogen-bond acceptors (Lipinski definition) is 5. The van der Waals surface area contributed by atoms with Crippen LogP contribution in [0.4, 0.5) is 11.5 Å². The van der Waals surface area contributed by atoms with Crippen LogP contribution in [0.25, 0.3) is 11.0 Å². The van der Waals surface area contributed by atoms with Gasteiger partial charge in [0.25, 0.3) is 5.56 Å². The molecule has 0 aliphatic carbocycles. The Morgan fingerprint density at radius 2 is 1.59 bits per heavy atom. The highest BCUT2D eigenvalue weighted by Crippen LogP contribution is 2.18. The fraction of sp³-hybridized carbons (Fsp3) is 0.455. The second kappa shape index (κ2) is 9.71. The molecule has 10 heteroatoms. The Kier molecular flexibility index (Phi) is 7.01. The maximum absolute atomic E-state index is 12.9. The van der Waals surface area contributed by atoms with E-state index < -0.39 is 11.2 Å². The first-order valence-electron chi connectivity index (χ1n) is 10.9. The number of carbonyl (C=O) groups is 1. The Balaban J connectivity index is 1.88. The van der Waals surface area contributed by atoms with Crippen molar-refractivity contribution in [1.82, 2.24) is 18.7 Å². The molecule has 10 nitrogen and oxygen atoms in total. The molecule has 32 heavy (non-hydrogen) atoms. The number of H-pyrrole nitrogens is 1. The summed E-state index contributed by atoms with van der Waals surface area (Å²) < 4.78 is 4.55. The average molecular weight is 443 g/mol. The van der Waals surface area contributed by atoms with E-state index in [1.54, 1.807) is 9.13 Å². The number of aromatic nitrogens is 4. The minimum absolute atomic E-state index is 0.0104. The number of aromatic amines is 1. The van der Waals surface area contributed by atoms with Crippen LogP contribution in [0.2, 0.25) is 0 Å². The number of unbranched alkanes of at least 4 members (excludes halogenated alkanes) is 1. The molecule has 3 rings (SSSR count). The summed E-state index contributed by atoms with van der Waals surface area (Å²) in [4.78, 5) is 53.8. The molecule has 0 aliphatic heterocycles. The van der Waals surface area contributed by atoms with Gasteiger partial charge in [0.15, 0.2) is 5.69 Å². The van der Waals surface area contributed by atoms with Crippen molar-refractivity contribution in [1.29, 1.82) is 0 Å². The van der Waals surface area contributed by atoms with Crippen molar-refractivity contribution >= 4 is 28.4 Å². The number of fused-ring (bicyclic) bond motifs is 1. The van der Waals surface area contributed by atoms with Crippen LogP contribution in [0, 0.1) is 0 Å². The Morgan fingerprint density at radius 3 is 2.19 bits per heavy atom. The molecule has 0 saturated carbocycles. The molecule has 0 saturated heterocycles. The zero-order chi connectivity index (χ0) is 23.4. The van der Waals surface area contributed by atoms with Crippen LogP contribution in [0.15, 0.2) is 38.6 Å². The van der Waals surface area contributed by atoms with Gasteiger partial charge in [-0.2, -0.15) is 0 Å². The molecule has 2 heterocycles. The number of imidazole rings is 1. The van der Waals surface area contributed by atoms with Gasteiger partial charge in [0, 0.05) is 33.1 Å².